The fourth-order valence-corrected chi connectivity index (χ4v) is 0.938. The molecule has 0 aromatic heterocycles. The highest BCUT2D eigenvalue weighted by atomic mass is 16.5. The van der Waals surface area contributed by atoms with E-state index in [-0.39, 0.29) is 24.9 Å². The van der Waals surface area contributed by atoms with Crippen LogP contribution in [0.2, 0.25) is 0 Å². The second-order valence-corrected chi connectivity index (χ2v) is 3.12. The van der Waals surface area contributed by atoms with Crippen LogP contribution in [0.4, 0.5) is 0 Å². The van der Waals surface area contributed by atoms with Gasteiger partial charge < -0.3 is 20.3 Å². The molecule has 15 heavy (non-hydrogen) atoms. The summed E-state index contributed by atoms with van der Waals surface area (Å²) < 4.78 is 4.78. The first-order valence-electron chi connectivity index (χ1n) is 4.76. The molecular weight excluding hydrogens is 198 g/mol. The molecule has 0 atom stereocenters. The number of methoxy groups -OCH3 is 1. The molecular formula is C9H19N3O3. The lowest BCUT2D eigenvalue weighted by molar-refractivity contribution is -0.134. The van der Waals surface area contributed by atoms with Crippen molar-refractivity contribution in [3.05, 3.63) is 0 Å². The molecule has 0 spiro atoms. The fourth-order valence-electron chi connectivity index (χ4n) is 0.938. The van der Waals surface area contributed by atoms with Gasteiger partial charge in [-0.3, -0.25) is 9.59 Å². The molecule has 6 nitrogen and oxygen atoms in total. The van der Waals surface area contributed by atoms with Crippen molar-refractivity contribution < 1.29 is 14.3 Å². The molecule has 2 amide bonds. The molecule has 0 saturated heterocycles. The van der Waals surface area contributed by atoms with Gasteiger partial charge in [0, 0.05) is 20.7 Å². The third kappa shape index (κ3) is 6.87. The third-order valence-corrected chi connectivity index (χ3v) is 1.76. The topological polar surface area (TPSA) is 70.7 Å². The van der Waals surface area contributed by atoms with E-state index in [1.165, 1.54) is 4.90 Å². The van der Waals surface area contributed by atoms with Crippen LogP contribution in [-0.2, 0) is 14.3 Å². The molecule has 0 rings (SSSR count). The van der Waals surface area contributed by atoms with Crippen molar-refractivity contribution in [1.29, 1.82) is 0 Å². The Morgan fingerprint density at radius 3 is 2.60 bits per heavy atom. The molecule has 0 aliphatic rings. The van der Waals surface area contributed by atoms with Gasteiger partial charge in [0.2, 0.25) is 11.8 Å². The molecule has 0 unspecified atom stereocenters. The summed E-state index contributed by atoms with van der Waals surface area (Å²) in [7, 11) is 4.84. The predicted octanol–water partition coefficient (Wildman–Crippen LogP) is -1.57. The summed E-state index contributed by atoms with van der Waals surface area (Å²) in [6.07, 6.45) is 0. The van der Waals surface area contributed by atoms with Gasteiger partial charge in [0.1, 0.15) is 0 Å². The Morgan fingerprint density at radius 1 is 1.40 bits per heavy atom. The van der Waals surface area contributed by atoms with Crippen LogP contribution in [0.1, 0.15) is 0 Å². The summed E-state index contributed by atoms with van der Waals surface area (Å²) in [5.41, 5.74) is 0. The predicted molar refractivity (Wildman–Crippen MR) is 56.4 cm³/mol. The number of carbonyl (C=O) groups is 2. The monoisotopic (exact) mass is 217 g/mol. The van der Waals surface area contributed by atoms with E-state index in [0.717, 1.165) is 0 Å². The average molecular weight is 217 g/mol. The number of amides is 2. The number of ether oxygens (including phenoxy) is 1. The molecule has 0 aliphatic carbocycles. The Bertz CT molecular complexity index is 209. The highest BCUT2D eigenvalue weighted by Crippen LogP contribution is 1.83. The molecule has 88 valence electrons. The van der Waals surface area contributed by atoms with Crippen molar-refractivity contribution in [2.75, 3.05) is 47.4 Å². The summed E-state index contributed by atoms with van der Waals surface area (Å²) in [5, 5.41) is 5.36. The van der Waals surface area contributed by atoms with Crippen molar-refractivity contribution in [2.24, 2.45) is 0 Å². The Labute approximate surface area is 90.0 Å². The second-order valence-electron chi connectivity index (χ2n) is 3.12. The van der Waals surface area contributed by atoms with E-state index in [1.807, 2.05) is 0 Å². The minimum Gasteiger partial charge on any atom is -0.383 e. The Balaban J connectivity index is 3.70. The minimum atomic E-state index is -0.181. The summed E-state index contributed by atoms with van der Waals surface area (Å²) in [5.74, 6) is -0.293. The van der Waals surface area contributed by atoms with Crippen LogP contribution in [-0.4, -0.2) is 64.2 Å². The first-order valence-corrected chi connectivity index (χ1v) is 4.76. The summed E-state index contributed by atoms with van der Waals surface area (Å²) in [4.78, 5) is 23.9. The first kappa shape index (κ1) is 13.9. The lowest BCUT2D eigenvalue weighted by atomic mass is 10.4. The van der Waals surface area contributed by atoms with Crippen LogP contribution in [0.5, 0.6) is 0 Å². The van der Waals surface area contributed by atoms with E-state index in [1.54, 1.807) is 21.2 Å². The molecule has 0 aromatic rings. The number of hydrogen-bond donors (Lipinski definition) is 2. The van der Waals surface area contributed by atoms with Gasteiger partial charge in [-0.25, -0.2) is 0 Å². The average Bonchev–Trinajstić information content (AvgIpc) is 2.18. The van der Waals surface area contributed by atoms with Gasteiger partial charge >= 0.3 is 0 Å². The van der Waals surface area contributed by atoms with Crippen LogP contribution in [0.25, 0.3) is 0 Å². The summed E-state index contributed by atoms with van der Waals surface area (Å²) in [6.45, 7) is 1.25. The molecule has 0 saturated carbocycles. The van der Waals surface area contributed by atoms with Crippen LogP contribution in [0, 0.1) is 0 Å². The number of hydrogen-bond acceptors (Lipinski definition) is 4. The van der Waals surface area contributed by atoms with Gasteiger partial charge in [-0.2, -0.15) is 0 Å². The van der Waals surface area contributed by atoms with Crippen LogP contribution in [0.3, 0.4) is 0 Å². The van der Waals surface area contributed by atoms with Gasteiger partial charge in [-0.15, -0.1) is 0 Å². The molecule has 0 fully saturated rings. The van der Waals surface area contributed by atoms with Gasteiger partial charge in [0.05, 0.1) is 19.7 Å². The number of likely N-dealkylation sites (N-methyl/N-ethyl adjacent to an activating group) is 2. The zero-order valence-corrected chi connectivity index (χ0v) is 9.50. The van der Waals surface area contributed by atoms with E-state index >= 15 is 0 Å². The Kier molecular flexibility index (Phi) is 7.57. The van der Waals surface area contributed by atoms with E-state index in [4.69, 9.17) is 4.74 Å². The van der Waals surface area contributed by atoms with Crippen molar-refractivity contribution in [3.63, 3.8) is 0 Å². The first-order chi connectivity index (χ1) is 7.11. The molecule has 0 bridgehead atoms. The van der Waals surface area contributed by atoms with Crippen LogP contribution < -0.4 is 10.6 Å². The van der Waals surface area contributed by atoms with Gasteiger partial charge in [0.15, 0.2) is 0 Å². The van der Waals surface area contributed by atoms with Crippen LogP contribution >= 0.6 is 0 Å². The lowest BCUT2D eigenvalue weighted by Gasteiger charge is -2.16. The maximum absolute atomic E-state index is 11.3. The van der Waals surface area contributed by atoms with Gasteiger partial charge in [-0.05, 0) is 7.05 Å². The van der Waals surface area contributed by atoms with Gasteiger partial charge in [-0.1, -0.05) is 0 Å². The Hall–Kier alpha value is -1.14. The van der Waals surface area contributed by atoms with Crippen molar-refractivity contribution in [1.82, 2.24) is 15.5 Å². The number of rotatable bonds is 7. The second kappa shape index (κ2) is 8.19. The van der Waals surface area contributed by atoms with Crippen molar-refractivity contribution in [3.8, 4) is 0 Å². The standard InChI is InChI=1S/C9H19N3O3/c1-10-6-9(14)12(2)7-8(13)11-4-5-15-3/h10H,4-7H2,1-3H3,(H,11,13). The fraction of sp³-hybridized carbons (Fsp3) is 0.778. The third-order valence-electron chi connectivity index (χ3n) is 1.76. The number of nitrogens with one attached hydrogen (secondary N) is 2. The van der Waals surface area contributed by atoms with E-state index in [0.29, 0.717) is 13.2 Å². The largest absolute Gasteiger partial charge is 0.383 e. The highest BCUT2D eigenvalue weighted by molar-refractivity contribution is 5.85. The summed E-state index contributed by atoms with van der Waals surface area (Å²) in [6, 6.07) is 0. The molecule has 2 N–H and O–H groups in total. The maximum Gasteiger partial charge on any atom is 0.239 e. The highest BCUT2D eigenvalue weighted by Gasteiger charge is 2.10. The summed E-state index contributed by atoms with van der Waals surface area (Å²) >= 11 is 0. The molecule has 0 radical (unpaired) electrons. The molecule has 0 aliphatic heterocycles. The number of nitrogens with zero attached hydrogens (tertiary/aromatic N) is 1. The van der Waals surface area contributed by atoms with E-state index in [9.17, 15) is 9.59 Å². The quantitative estimate of drug-likeness (QED) is 0.505. The van der Waals surface area contributed by atoms with Crippen LogP contribution in [0.15, 0.2) is 0 Å². The van der Waals surface area contributed by atoms with Crippen molar-refractivity contribution in [2.45, 2.75) is 0 Å². The number of carbonyl (C=O) groups excluding carboxylic acids is 2. The molecule has 6 heteroatoms. The molecule has 0 aromatic carbocycles. The Morgan fingerprint density at radius 2 is 2.07 bits per heavy atom. The molecule has 0 heterocycles. The smallest absolute Gasteiger partial charge is 0.239 e. The van der Waals surface area contributed by atoms with E-state index in [2.05, 4.69) is 10.6 Å². The van der Waals surface area contributed by atoms with Crippen molar-refractivity contribution >= 4 is 11.8 Å². The van der Waals surface area contributed by atoms with E-state index < -0.39 is 0 Å². The normalized spacial score (nSPS) is 9.80. The lowest BCUT2D eigenvalue weighted by Crippen LogP contribution is -2.42. The van der Waals surface area contributed by atoms with Gasteiger partial charge in [0.25, 0.3) is 0 Å². The maximum atomic E-state index is 11.3. The SMILES string of the molecule is CNCC(=O)N(C)CC(=O)NCCOC. The minimum absolute atomic E-state index is 0.0736. The zero-order chi connectivity index (χ0) is 11.7. The zero-order valence-electron chi connectivity index (χ0n) is 9.50.